The third-order valence-electron chi connectivity index (χ3n) is 2.57. The number of para-hydroxylation sites is 1. The number of hydrogen-bond donors (Lipinski definition) is 0. The van der Waals surface area contributed by atoms with Crippen molar-refractivity contribution in [3.05, 3.63) is 58.8 Å². The molecule has 0 amide bonds. The van der Waals surface area contributed by atoms with Gasteiger partial charge in [-0.05, 0) is 48.0 Å². The standard InChI is InChI=1S/C14H8Cl2N2O/c15-9-5-7-10(8-6-9)19-13-11-3-1-2-4-12(11)17-14(16)18-13/h1-8H. The van der Waals surface area contributed by atoms with Crippen LogP contribution in [0.5, 0.6) is 11.6 Å². The second kappa shape index (κ2) is 5.03. The van der Waals surface area contributed by atoms with E-state index in [4.69, 9.17) is 27.9 Å². The lowest BCUT2D eigenvalue weighted by Crippen LogP contribution is -1.92. The second-order valence-corrected chi connectivity index (χ2v) is 4.65. The Morgan fingerprint density at radius 1 is 0.842 bits per heavy atom. The van der Waals surface area contributed by atoms with Gasteiger partial charge in [-0.1, -0.05) is 23.7 Å². The van der Waals surface area contributed by atoms with Crippen LogP contribution in [-0.4, -0.2) is 9.97 Å². The maximum atomic E-state index is 5.89. The first-order chi connectivity index (χ1) is 9.22. The highest BCUT2D eigenvalue weighted by molar-refractivity contribution is 6.30. The lowest BCUT2D eigenvalue weighted by Gasteiger charge is -2.07. The Labute approximate surface area is 119 Å². The summed E-state index contributed by atoms with van der Waals surface area (Å²) in [7, 11) is 0. The van der Waals surface area contributed by atoms with Crippen molar-refractivity contribution in [2.45, 2.75) is 0 Å². The molecule has 0 aliphatic carbocycles. The van der Waals surface area contributed by atoms with Crippen LogP contribution in [0, 0.1) is 0 Å². The van der Waals surface area contributed by atoms with Gasteiger partial charge >= 0.3 is 0 Å². The molecule has 0 saturated carbocycles. The molecule has 1 heterocycles. The fourth-order valence-corrected chi connectivity index (χ4v) is 2.01. The van der Waals surface area contributed by atoms with E-state index >= 15 is 0 Å². The Morgan fingerprint density at radius 3 is 2.37 bits per heavy atom. The molecular formula is C14H8Cl2N2O. The molecule has 0 aliphatic heterocycles. The highest BCUT2D eigenvalue weighted by Crippen LogP contribution is 2.28. The monoisotopic (exact) mass is 290 g/mol. The first kappa shape index (κ1) is 12.2. The number of aromatic nitrogens is 2. The first-order valence-corrected chi connectivity index (χ1v) is 6.34. The van der Waals surface area contributed by atoms with E-state index < -0.39 is 0 Å². The van der Waals surface area contributed by atoms with Crippen molar-refractivity contribution < 1.29 is 4.74 Å². The molecule has 0 atom stereocenters. The van der Waals surface area contributed by atoms with Crippen LogP contribution in [0.4, 0.5) is 0 Å². The van der Waals surface area contributed by atoms with Gasteiger partial charge < -0.3 is 4.74 Å². The summed E-state index contributed by atoms with van der Waals surface area (Å²) in [5.74, 6) is 1.07. The van der Waals surface area contributed by atoms with Crippen molar-refractivity contribution in [2.24, 2.45) is 0 Å². The zero-order valence-corrected chi connectivity index (χ0v) is 11.2. The third kappa shape index (κ3) is 2.62. The Balaban J connectivity index is 2.07. The van der Waals surface area contributed by atoms with Crippen LogP contribution in [0.1, 0.15) is 0 Å². The first-order valence-electron chi connectivity index (χ1n) is 5.58. The summed E-state index contributed by atoms with van der Waals surface area (Å²) in [5.41, 5.74) is 0.742. The molecule has 0 radical (unpaired) electrons. The van der Waals surface area contributed by atoms with Gasteiger partial charge in [-0.2, -0.15) is 4.98 Å². The van der Waals surface area contributed by atoms with E-state index in [9.17, 15) is 0 Å². The van der Waals surface area contributed by atoms with Crippen molar-refractivity contribution in [2.75, 3.05) is 0 Å². The van der Waals surface area contributed by atoms with Crippen molar-refractivity contribution in [1.29, 1.82) is 0 Å². The van der Waals surface area contributed by atoms with Gasteiger partial charge in [-0.25, -0.2) is 4.98 Å². The van der Waals surface area contributed by atoms with Gasteiger partial charge in [0.1, 0.15) is 5.75 Å². The van der Waals surface area contributed by atoms with Crippen LogP contribution in [0.2, 0.25) is 10.3 Å². The Morgan fingerprint density at radius 2 is 1.58 bits per heavy atom. The van der Waals surface area contributed by atoms with E-state index in [0.717, 1.165) is 10.9 Å². The van der Waals surface area contributed by atoms with Crippen LogP contribution >= 0.6 is 23.2 Å². The number of ether oxygens (including phenoxy) is 1. The number of benzene rings is 2. The molecule has 94 valence electrons. The molecule has 0 spiro atoms. The maximum Gasteiger partial charge on any atom is 0.231 e. The molecule has 0 aliphatic rings. The minimum Gasteiger partial charge on any atom is -0.438 e. The smallest absolute Gasteiger partial charge is 0.231 e. The quantitative estimate of drug-likeness (QED) is 0.640. The van der Waals surface area contributed by atoms with E-state index in [0.29, 0.717) is 16.7 Å². The highest BCUT2D eigenvalue weighted by atomic mass is 35.5. The molecule has 0 bridgehead atoms. The van der Waals surface area contributed by atoms with Crippen molar-refractivity contribution >= 4 is 34.1 Å². The van der Waals surface area contributed by atoms with E-state index in [1.54, 1.807) is 24.3 Å². The SMILES string of the molecule is Clc1ccc(Oc2nc(Cl)nc3ccccc23)cc1. The van der Waals surface area contributed by atoms with Gasteiger partial charge in [0, 0.05) is 5.02 Å². The Kier molecular flexibility index (Phi) is 3.23. The van der Waals surface area contributed by atoms with Crippen molar-refractivity contribution in [3.8, 4) is 11.6 Å². The topological polar surface area (TPSA) is 35.0 Å². The van der Waals surface area contributed by atoms with E-state index in [2.05, 4.69) is 9.97 Å². The van der Waals surface area contributed by atoms with E-state index in [1.165, 1.54) is 0 Å². The van der Waals surface area contributed by atoms with E-state index in [-0.39, 0.29) is 5.28 Å². The predicted molar refractivity (Wildman–Crippen MR) is 76.1 cm³/mol. The molecule has 0 saturated heterocycles. The summed E-state index contributed by atoms with van der Waals surface area (Å²) in [6, 6.07) is 14.6. The largest absolute Gasteiger partial charge is 0.438 e. The molecule has 1 aromatic heterocycles. The molecule has 0 N–H and O–H groups in total. The zero-order chi connectivity index (χ0) is 13.2. The van der Waals surface area contributed by atoms with Crippen LogP contribution in [0.15, 0.2) is 48.5 Å². The van der Waals surface area contributed by atoms with Crippen LogP contribution < -0.4 is 4.74 Å². The number of nitrogens with zero attached hydrogens (tertiary/aromatic N) is 2. The van der Waals surface area contributed by atoms with Crippen molar-refractivity contribution in [3.63, 3.8) is 0 Å². The molecule has 3 aromatic rings. The van der Waals surface area contributed by atoms with Crippen LogP contribution in [-0.2, 0) is 0 Å². The maximum absolute atomic E-state index is 5.89. The van der Waals surface area contributed by atoms with Gasteiger partial charge in [-0.15, -0.1) is 0 Å². The molecule has 5 heteroatoms. The third-order valence-corrected chi connectivity index (χ3v) is 2.99. The second-order valence-electron chi connectivity index (χ2n) is 3.87. The van der Waals surface area contributed by atoms with Gasteiger partial charge in [0.15, 0.2) is 0 Å². The number of rotatable bonds is 2. The Bertz CT molecular complexity index is 729. The summed E-state index contributed by atoms with van der Waals surface area (Å²) in [5, 5.41) is 1.61. The lowest BCUT2D eigenvalue weighted by molar-refractivity contribution is 0.468. The average Bonchev–Trinajstić information content (AvgIpc) is 2.41. The summed E-state index contributed by atoms with van der Waals surface area (Å²) < 4.78 is 5.73. The molecule has 19 heavy (non-hydrogen) atoms. The zero-order valence-electron chi connectivity index (χ0n) is 9.68. The predicted octanol–water partition coefficient (Wildman–Crippen LogP) is 4.73. The fourth-order valence-electron chi connectivity index (χ4n) is 1.71. The fraction of sp³-hybridized carbons (Fsp3) is 0. The highest BCUT2D eigenvalue weighted by Gasteiger charge is 2.08. The lowest BCUT2D eigenvalue weighted by atomic mass is 10.2. The minimum absolute atomic E-state index is 0.155. The summed E-state index contributed by atoms with van der Waals surface area (Å²) >= 11 is 11.7. The normalized spacial score (nSPS) is 10.6. The van der Waals surface area contributed by atoms with E-state index in [1.807, 2.05) is 24.3 Å². The molecule has 3 nitrogen and oxygen atoms in total. The molecule has 0 fully saturated rings. The van der Waals surface area contributed by atoms with Gasteiger partial charge in [0.2, 0.25) is 11.2 Å². The van der Waals surface area contributed by atoms with Crippen LogP contribution in [0.3, 0.4) is 0 Å². The molecule has 0 unspecified atom stereocenters. The Hall–Kier alpha value is -1.84. The number of hydrogen-bond acceptors (Lipinski definition) is 3. The van der Waals surface area contributed by atoms with Gasteiger partial charge in [-0.3, -0.25) is 0 Å². The molecule has 3 rings (SSSR count). The average molecular weight is 291 g/mol. The summed E-state index contributed by atoms with van der Waals surface area (Å²) in [6.45, 7) is 0. The molecular weight excluding hydrogens is 283 g/mol. The summed E-state index contributed by atoms with van der Waals surface area (Å²) in [6.07, 6.45) is 0. The van der Waals surface area contributed by atoms with Gasteiger partial charge in [0.25, 0.3) is 0 Å². The van der Waals surface area contributed by atoms with Crippen LogP contribution in [0.25, 0.3) is 10.9 Å². The number of fused-ring (bicyclic) bond motifs is 1. The van der Waals surface area contributed by atoms with Crippen molar-refractivity contribution in [1.82, 2.24) is 9.97 Å². The summed E-state index contributed by atoms with van der Waals surface area (Å²) in [4.78, 5) is 8.26. The minimum atomic E-state index is 0.155. The van der Waals surface area contributed by atoms with Gasteiger partial charge in [0.05, 0.1) is 10.9 Å². The number of halogens is 2. The molecule has 2 aromatic carbocycles.